The number of ether oxygens (including phenoxy) is 2. The Morgan fingerprint density at radius 3 is 1.50 bits per heavy atom. The summed E-state index contributed by atoms with van der Waals surface area (Å²) in [6.07, 6.45) is 5.19. The van der Waals surface area contributed by atoms with Gasteiger partial charge in [-0.1, -0.05) is 60.7 Å². The molecule has 0 aromatic heterocycles. The van der Waals surface area contributed by atoms with E-state index in [1.54, 1.807) is 12.2 Å². The molecule has 20 heavy (non-hydrogen) atoms. The lowest BCUT2D eigenvalue weighted by atomic mass is 10.2. The van der Waals surface area contributed by atoms with Crippen LogP contribution in [-0.4, -0.2) is 6.16 Å². The van der Waals surface area contributed by atoms with E-state index in [1.165, 1.54) is 12.5 Å². The maximum atomic E-state index is 11.3. The molecule has 0 fully saturated rings. The summed E-state index contributed by atoms with van der Waals surface area (Å²) in [7, 11) is 0. The van der Waals surface area contributed by atoms with E-state index in [0.717, 1.165) is 11.1 Å². The average Bonchev–Trinajstić information content (AvgIpc) is 2.49. The molecule has 0 saturated carbocycles. The van der Waals surface area contributed by atoms with Crippen LogP contribution in [0.2, 0.25) is 0 Å². The van der Waals surface area contributed by atoms with Crippen LogP contribution >= 0.6 is 0 Å². The van der Waals surface area contributed by atoms with E-state index < -0.39 is 6.16 Å². The van der Waals surface area contributed by atoms with Crippen LogP contribution in [0.4, 0.5) is 4.79 Å². The molecule has 2 aromatic carbocycles. The Bertz CT molecular complexity index is 533. The van der Waals surface area contributed by atoms with Crippen LogP contribution in [0.15, 0.2) is 73.2 Å². The summed E-state index contributed by atoms with van der Waals surface area (Å²) < 4.78 is 9.58. The zero-order valence-corrected chi connectivity index (χ0v) is 10.8. The first-order valence-corrected chi connectivity index (χ1v) is 6.15. The highest BCUT2D eigenvalue weighted by atomic mass is 16.7. The minimum Gasteiger partial charge on any atom is -0.403 e. The first-order valence-electron chi connectivity index (χ1n) is 6.15. The fraction of sp³-hybridized carbons (Fsp3) is 0. The van der Waals surface area contributed by atoms with Gasteiger partial charge in [0.05, 0.1) is 12.5 Å². The second-order valence-corrected chi connectivity index (χ2v) is 3.91. The second kappa shape index (κ2) is 7.59. The van der Waals surface area contributed by atoms with Crippen molar-refractivity contribution in [3.05, 3.63) is 84.3 Å². The lowest BCUT2D eigenvalue weighted by Gasteiger charge is -1.97. The molecular formula is C17H14O3. The Balaban J connectivity index is 1.76. The smallest absolute Gasteiger partial charge is 0.403 e. The van der Waals surface area contributed by atoms with Crippen molar-refractivity contribution in [1.29, 1.82) is 0 Å². The third kappa shape index (κ3) is 4.82. The van der Waals surface area contributed by atoms with Gasteiger partial charge in [-0.25, -0.2) is 4.79 Å². The summed E-state index contributed by atoms with van der Waals surface area (Å²) in [5.41, 5.74) is 1.89. The topological polar surface area (TPSA) is 35.5 Å². The normalized spacial score (nSPS) is 10.8. The molecule has 3 heteroatoms. The zero-order valence-electron chi connectivity index (χ0n) is 10.8. The molecule has 100 valence electrons. The van der Waals surface area contributed by atoms with E-state index in [4.69, 9.17) is 9.47 Å². The Morgan fingerprint density at radius 2 is 1.10 bits per heavy atom. The molecule has 0 unspecified atom stereocenters. The largest absolute Gasteiger partial charge is 0.518 e. The van der Waals surface area contributed by atoms with Gasteiger partial charge in [0.2, 0.25) is 0 Å². The predicted molar refractivity (Wildman–Crippen MR) is 78.5 cm³/mol. The molecule has 0 saturated heterocycles. The lowest BCUT2D eigenvalue weighted by Crippen LogP contribution is -1.97. The molecule has 2 rings (SSSR count). The molecule has 0 aliphatic carbocycles. The van der Waals surface area contributed by atoms with Gasteiger partial charge < -0.3 is 9.47 Å². The van der Waals surface area contributed by atoms with Crippen LogP contribution in [0.5, 0.6) is 0 Å². The quantitative estimate of drug-likeness (QED) is 0.604. The fourth-order valence-corrected chi connectivity index (χ4v) is 1.49. The van der Waals surface area contributed by atoms with E-state index in [2.05, 4.69) is 0 Å². The van der Waals surface area contributed by atoms with Gasteiger partial charge in [0.25, 0.3) is 0 Å². The third-order valence-electron chi connectivity index (χ3n) is 2.45. The van der Waals surface area contributed by atoms with Crippen molar-refractivity contribution < 1.29 is 14.3 Å². The Morgan fingerprint density at radius 1 is 0.700 bits per heavy atom. The molecule has 0 heterocycles. The monoisotopic (exact) mass is 266 g/mol. The highest BCUT2D eigenvalue weighted by molar-refractivity contribution is 5.64. The van der Waals surface area contributed by atoms with E-state index in [0.29, 0.717) is 0 Å². The molecule has 2 aromatic rings. The van der Waals surface area contributed by atoms with E-state index in [1.807, 2.05) is 60.7 Å². The molecule has 0 N–H and O–H groups in total. The van der Waals surface area contributed by atoms with E-state index in [-0.39, 0.29) is 0 Å². The van der Waals surface area contributed by atoms with Gasteiger partial charge in [-0.15, -0.1) is 0 Å². The van der Waals surface area contributed by atoms with E-state index >= 15 is 0 Å². The van der Waals surface area contributed by atoms with Gasteiger partial charge in [-0.05, 0) is 23.3 Å². The van der Waals surface area contributed by atoms with Crippen molar-refractivity contribution in [3.8, 4) is 0 Å². The van der Waals surface area contributed by atoms with Gasteiger partial charge in [0, 0.05) is 0 Å². The first-order chi connectivity index (χ1) is 9.84. The summed E-state index contributed by atoms with van der Waals surface area (Å²) >= 11 is 0. The summed E-state index contributed by atoms with van der Waals surface area (Å²) in [5, 5.41) is 0. The van der Waals surface area contributed by atoms with Crippen LogP contribution in [0.3, 0.4) is 0 Å². The molecule has 0 amide bonds. The van der Waals surface area contributed by atoms with Crippen LogP contribution in [0, 0.1) is 0 Å². The highest BCUT2D eigenvalue weighted by Crippen LogP contribution is 2.03. The number of carbonyl (C=O) groups excluding carboxylic acids is 1. The van der Waals surface area contributed by atoms with Gasteiger partial charge in [-0.2, -0.15) is 0 Å². The SMILES string of the molecule is O=C(O/C=C/c1ccccc1)O/C=C/c1ccccc1. The van der Waals surface area contributed by atoms with Crippen molar-refractivity contribution in [2.45, 2.75) is 0 Å². The van der Waals surface area contributed by atoms with Crippen LogP contribution < -0.4 is 0 Å². The van der Waals surface area contributed by atoms with Crippen molar-refractivity contribution in [3.63, 3.8) is 0 Å². The molecule has 3 nitrogen and oxygen atoms in total. The first kappa shape index (κ1) is 13.6. The maximum absolute atomic E-state index is 11.3. The summed E-state index contributed by atoms with van der Waals surface area (Å²) in [4.78, 5) is 11.3. The molecule has 0 aliphatic heterocycles. The lowest BCUT2D eigenvalue weighted by molar-refractivity contribution is 0.121. The number of benzene rings is 2. The molecule has 0 bridgehead atoms. The predicted octanol–water partition coefficient (Wildman–Crippen LogP) is 4.48. The third-order valence-corrected chi connectivity index (χ3v) is 2.45. The number of rotatable bonds is 4. The standard InChI is InChI=1S/C17H14O3/c18-17(19-13-11-15-7-3-1-4-8-15)20-14-12-16-9-5-2-6-10-16/h1-14H/b13-11+,14-12+. The van der Waals surface area contributed by atoms with E-state index in [9.17, 15) is 4.79 Å². The summed E-state index contributed by atoms with van der Waals surface area (Å²) in [5.74, 6) is 0. The van der Waals surface area contributed by atoms with Crippen LogP contribution in [-0.2, 0) is 9.47 Å². The van der Waals surface area contributed by atoms with Crippen molar-refractivity contribution in [2.75, 3.05) is 0 Å². The Kier molecular flexibility index (Phi) is 5.17. The number of hydrogen-bond acceptors (Lipinski definition) is 3. The molecule has 0 spiro atoms. The molecule has 0 radical (unpaired) electrons. The Labute approximate surface area is 117 Å². The Hall–Kier alpha value is -2.81. The maximum Gasteiger partial charge on any atom is 0.518 e. The van der Waals surface area contributed by atoms with Gasteiger partial charge in [-0.3, -0.25) is 0 Å². The second-order valence-electron chi connectivity index (χ2n) is 3.91. The fourth-order valence-electron chi connectivity index (χ4n) is 1.49. The minimum absolute atomic E-state index is 0.774. The van der Waals surface area contributed by atoms with Crippen LogP contribution in [0.25, 0.3) is 12.2 Å². The van der Waals surface area contributed by atoms with Gasteiger partial charge >= 0.3 is 6.16 Å². The zero-order chi connectivity index (χ0) is 14.0. The molecule has 0 aliphatic rings. The van der Waals surface area contributed by atoms with Gasteiger partial charge in [0.15, 0.2) is 0 Å². The molecular weight excluding hydrogens is 252 g/mol. The number of carbonyl (C=O) groups is 1. The highest BCUT2D eigenvalue weighted by Gasteiger charge is 1.97. The average molecular weight is 266 g/mol. The van der Waals surface area contributed by atoms with Crippen molar-refractivity contribution in [1.82, 2.24) is 0 Å². The number of hydrogen-bond donors (Lipinski definition) is 0. The summed E-state index contributed by atoms with van der Waals surface area (Å²) in [6.45, 7) is 0. The van der Waals surface area contributed by atoms with Gasteiger partial charge in [0.1, 0.15) is 0 Å². The van der Waals surface area contributed by atoms with Crippen LogP contribution in [0.1, 0.15) is 11.1 Å². The molecule has 0 atom stereocenters. The van der Waals surface area contributed by atoms with Crippen molar-refractivity contribution >= 4 is 18.3 Å². The van der Waals surface area contributed by atoms with Crippen molar-refractivity contribution in [2.24, 2.45) is 0 Å². The minimum atomic E-state index is -0.774. The summed E-state index contributed by atoms with van der Waals surface area (Å²) in [6, 6.07) is 19.1.